The molecule has 216 valence electrons. The van der Waals surface area contributed by atoms with Gasteiger partial charge in [-0.3, -0.25) is 0 Å². The lowest BCUT2D eigenvalue weighted by molar-refractivity contribution is 0.818. The Balaban J connectivity index is 1.22. The monoisotopic (exact) mass is 578 g/mol. The average Bonchev–Trinajstić information content (AvgIpc) is 3.82. The van der Waals surface area contributed by atoms with E-state index < -0.39 is 0 Å². The molecular weight excluding hydrogens is 544 g/mol. The van der Waals surface area contributed by atoms with Crippen LogP contribution in [0.4, 0.5) is 0 Å². The summed E-state index contributed by atoms with van der Waals surface area (Å²) >= 11 is 0. The molecule has 10 rings (SSSR count). The van der Waals surface area contributed by atoms with E-state index in [4.69, 9.17) is 0 Å². The molecule has 0 aliphatic heterocycles. The van der Waals surface area contributed by atoms with E-state index >= 15 is 0 Å². The van der Waals surface area contributed by atoms with E-state index in [2.05, 4.69) is 132 Å². The van der Waals surface area contributed by atoms with Gasteiger partial charge in [-0.1, -0.05) is 97.1 Å². The molecule has 2 heteroatoms. The predicted molar refractivity (Wildman–Crippen MR) is 190 cm³/mol. The van der Waals surface area contributed by atoms with Crippen LogP contribution in [0.25, 0.3) is 65.9 Å². The highest BCUT2D eigenvalue weighted by Crippen LogP contribution is 2.47. The number of benzene rings is 6. The minimum atomic E-state index is 0.902. The Bertz CT molecular complexity index is 2360. The molecule has 2 aliphatic carbocycles. The first-order chi connectivity index (χ1) is 22.2. The maximum absolute atomic E-state index is 2.57. The minimum absolute atomic E-state index is 0.902. The largest absolute Gasteiger partial charge is 0.341 e. The van der Waals surface area contributed by atoms with Gasteiger partial charge in [0.25, 0.3) is 0 Å². The number of rotatable bonds is 4. The molecule has 0 fully saturated rings. The number of hydrogen-bond acceptors (Lipinski definition) is 0. The fraction of sp³-hybridized carbons (Fsp3) is 0.163. The summed E-state index contributed by atoms with van der Waals surface area (Å²) in [5.41, 5.74) is 19.8. The van der Waals surface area contributed by atoms with Gasteiger partial charge in [0.1, 0.15) is 0 Å². The van der Waals surface area contributed by atoms with E-state index in [1.807, 2.05) is 0 Å². The zero-order valence-corrected chi connectivity index (χ0v) is 25.8. The van der Waals surface area contributed by atoms with Gasteiger partial charge in [0.15, 0.2) is 0 Å². The van der Waals surface area contributed by atoms with Gasteiger partial charge in [-0.25, -0.2) is 0 Å². The van der Waals surface area contributed by atoms with Crippen LogP contribution in [0, 0.1) is 0 Å². The molecule has 2 heterocycles. The van der Waals surface area contributed by atoms with E-state index in [0.717, 1.165) is 32.4 Å². The highest BCUT2D eigenvalue weighted by molar-refractivity contribution is 6.19. The van der Waals surface area contributed by atoms with Crippen molar-refractivity contribution in [3.05, 3.63) is 143 Å². The number of hydrogen-bond donors (Lipinski definition) is 0. The predicted octanol–water partition coefficient (Wildman–Crippen LogP) is 10.7. The zero-order valence-electron chi connectivity index (χ0n) is 25.8. The van der Waals surface area contributed by atoms with E-state index in [9.17, 15) is 0 Å². The lowest BCUT2D eigenvalue weighted by atomic mass is 9.96. The Morgan fingerprint density at radius 1 is 0.467 bits per heavy atom. The van der Waals surface area contributed by atoms with Crippen molar-refractivity contribution in [3.8, 4) is 22.3 Å². The Morgan fingerprint density at radius 2 is 0.933 bits per heavy atom. The fourth-order valence-corrected chi connectivity index (χ4v) is 9.03. The van der Waals surface area contributed by atoms with Crippen LogP contribution in [0.3, 0.4) is 0 Å². The van der Waals surface area contributed by atoms with Gasteiger partial charge in [0.05, 0.1) is 11.0 Å². The topological polar surface area (TPSA) is 9.86 Å². The average molecular weight is 579 g/mol. The molecule has 0 spiro atoms. The van der Waals surface area contributed by atoms with Crippen LogP contribution in [-0.2, 0) is 32.4 Å². The molecule has 0 bridgehead atoms. The zero-order chi connectivity index (χ0) is 29.8. The second-order valence-electron chi connectivity index (χ2n) is 12.9. The Labute approximate surface area is 263 Å². The van der Waals surface area contributed by atoms with Crippen LogP contribution in [0.1, 0.15) is 47.2 Å². The Hall–Kier alpha value is -5.08. The molecular formula is C43H34N2. The third kappa shape index (κ3) is 3.29. The van der Waals surface area contributed by atoms with Gasteiger partial charge in [-0.05, 0) is 94.5 Å². The molecule has 0 saturated heterocycles. The molecule has 2 nitrogen and oxygen atoms in total. The second-order valence-corrected chi connectivity index (χ2v) is 12.9. The normalized spacial score (nSPS) is 13.2. The van der Waals surface area contributed by atoms with Crippen LogP contribution in [0.2, 0.25) is 0 Å². The molecule has 0 unspecified atom stereocenters. The smallest absolute Gasteiger partial charge is 0.0527 e. The lowest BCUT2D eigenvalue weighted by Crippen LogP contribution is -2.01. The Morgan fingerprint density at radius 3 is 1.40 bits per heavy atom. The highest BCUT2D eigenvalue weighted by atomic mass is 15.0. The summed E-state index contributed by atoms with van der Waals surface area (Å²) in [5, 5.41) is 5.61. The van der Waals surface area contributed by atoms with Crippen molar-refractivity contribution in [2.75, 3.05) is 0 Å². The number of para-hydroxylation sites is 2. The number of nitrogens with zero attached hydrogens (tertiary/aromatic N) is 2. The summed E-state index contributed by atoms with van der Waals surface area (Å²) in [4.78, 5) is 0. The van der Waals surface area contributed by atoms with E-state index in [-0.39, 0.29) is 0 Å². The van der Waals surface area contributed by atoms with Crippen LogP contribution in [-0.4, -0.2) is 9.13 Å². The summed E-state index contributed by atoms with van der Waals surface area (Å²) < 4.78 is 5.14. The molecule has 0 amide bonds. The molecule has 45 heavy (non-hydrogen) atoms. The van der Waals surface area contributed by atoms with Gasteiger partial charge >= 0.3 is 0 Å². The maximum Gasteiger partial charge on any atom is 0.0527 e. The van der Waals surface area contributed by atoms with Crippen molar-refractivity contribution < 1.29 is 0 Å². The fourth-order valence-electron chi connectivity index (χ4n) is 9.03. The molecule has 6 aromatic carbocycles. The van der Waals surface area contributed by atoms with Crippen LogP contribution < -0.4 is 0 Å². The SMILES string of the molecule is CCn1c2ccc3c(c2c2cccc(Cc4cccc5c6c7c(ccc6n(CC)c45)Cc4ccccc4-7)c21)-c1ccccc1C3. The van der Waals surface area contributed by atoms with Crippen molar-refractivity contribution in [2.45, 2.75) is 46.2 Å². The molecule has 0 saturated carbocycles. The summed E-state index contributed by atoms with van der Waals surface area (Å²) in [6.45, 7) is 6.49. The number of fused-ring (bicyclic) bond motifs is 14. The van der Waals surface area contributed by atoms with Crippen molar-refractivity contribution in [1.82, 2.24) is 9.13 Å². The maximum atomic E-state index is 2.57. The summed E-state index contributed by atoms with van der Waals surface area (Å²) in [5.74, 6) is 0. The molecule has 2 aromatic heterocycles. The summed E-state index contributed by atoms with van der Waals surface area (Å²) in [6.07, 6.45) is 2.95. The standard InChI is InChI=1S/C43H34N2/c1-3-44-36-21-19-28-23-26-11-5-7-15-32(26)38(28)40(36)34-17-9-13-30(42(34)44)25-31-14-10-18-35-41-37(45(4-2)43(31)35)22-20-29-24-27-12-6-8-16-33(27)39(29)41/h5-22H,3-4,23-25H2,1-2H3. The van der Waals surface area contributed by atoms with Gasteiger partial charge in [-0.2, -0.15) is 0 Å². The van der Waals surface area contributed by atoms with Gasteiger partial charge in [-0.15, -0.1) is 0 Å². The molecule has 0 atom stereocenters. The first-order valence-corrected chi connectivity index (χ1v) is 16.5. The van der Waals surface area contributed by atoms with Crippen molar-refractivity contribution >= 4 is 43.6 Å². The van der Waals surface area contributed by atoms with E-state index in [1.165, 1.54) is 99.2 Å². The molecule has 0 N–H and O–H groups in total. The van der Waals surface area contributed by atoms with Gasteiger partial charge in [0, 0.05) is 52.1 Å². The first-order valence-electron chi connectivity index (χ1n) is 16.5. The summed E-state index contributed by atoms with van der Waals surface area (Å²) in [7, 11) is 0. The number of aryl methyl sites for hydroxylation is 2. The molecule has 8 aromatic rings. The second kappa shape index (κ2) is 9.22. The van der Waals surface area contributed by atoms with E-state index in [0.29, 0.717) is 0 Å². The van der Waals surface area contributed by atoms with E-state index in [1.54, 1.807) is 0 Å². The van der Waals surface area contributed by atoms with Gasteiger partial charge < -0.3 is 9.13 Å². The van der Waals surface area contributed by atoms with Crippen molar-refractivity contribution in [1.29, 1.82) is 0 Å². The van der Waals surface area contributed by atoms with Crippen LogP contribution >= 0.6 is 0 Å². The van der Waals surface area contributed by atoms with Gasteiger partial charge in [0.2, 0.25) is 0 Å². The third-order valence-electron chi connectivity index (χ3n) is 10.8. The van der Waals surface area contributed by atoms with Crippen LogP contribution in [0.5, 0.6) is 0 Å². The van der Waals surface area contributed by atoms with Crippen molar-refractivity contribution in [3.63, 3.8) is 0 Å². The first kappa shape index (κ1) is 25.3. The quantitative estimate of drug-likeness (QED) is 0.197. The summed E-state index contributed by atoms with van der Waals surface area (Å²) in [6, 6.07) is 41.5. The minimum Gasteiger partial charge on any atom is -0.341 e. The van der Waals surface area contributed by atoms with Crippen LogP contribution in [0.15, 0.2) is 109 Å². The molecule has 2 aliphatic rings. The highest BCUT2D eigenvalue weighted by Gasteiger charge is 2.27. The molecule has 0 radical (unpaired) electrons. The Kier molecular flexibility index (Phi) is 5.18. The number of aromatic nitrogens is 2. The third-order valence-corrected chi connectivity index (χ3v) is 10.8. The van der Waals surface area contributed by atoms with Crippen molar-refractivity contribution in [2.24, 2.45) is 0 Å². The lowest BCUT2D eigenvalue weighted by Gasteiger charge is -2.12.